The predicted octanol–water partition coefficient (Wildman–Crippen LogP) is 6.33. The molecule has 1 saturated carbocycles. The average Bonchev–Trinajstić information content (AvgIpc) is 3.40. The summed E-state index contributed by atoms with van der Waals surface area (Å²) in [6, 6.07) is 11.1. The van der Waals surface area contributed by atoms with Crippen LogP contribution in [0.1, 0.15) is 44.7 Å². The monoisotopic (exact) mass is 410 g/mol. The van der Waals surface area contributed by atoms with Crippen molar-refractivity contribution in [2.45, 2.75) is 40.2 Å². The molecule has 1 aliphatic carbocycles. The van der Waals surface area contributed by atoms with Gasteiger partial charge in [-0.15, -0.1) is 0 Å². The van der Waals surface area contributed by atoms with E-state index in [1.807, 2.05) is 6.92 Å². The maximum atomic E-state index is 6.37. The fraction of sp³-hybridized carbons (Fsp3) is 0.296. The van der Waals surface area contributed by atoms with E-state index in [4.69, 9.17) is 5.73 Å². The molecule has 5 rings (SSSR count). The average molecular weight is 411 g/mol. The van der Waals surface area contributed by atoms with Crippen LogP contribution in [0.4, 0.5) is 5.69 Å². The molecule has 2 aromatic carbocycles. The Labute approximate surface area is 183 Å². The number of fused-ring (bicyclic) bond motifs is 3. The maximum Gasteiger partial charge on any atom is 0.0610 e. The van der Waals surface area contributed by atoms with Gasteiger partial charge in [-0.05, 0) is 74.9 Å². The summed E-state index contributed by atoms with van der Waals surface area (Å²) in [7, 11) is 0. The van der Waals surface area contributed by atoms with E-state index in [9.17, 15) is 0 Å². The first kappa shape index (κ1) is 19.7. The van der Waals surface area contributed by atoms with Gasteiger partial charge in [0.1, 0.15) is 0 Å². The lowest BCUT2D eigenvalue weighted by Crippen LogP contribution is -2.05. The Bertz CT molecular complexity index is 1330. The summed E-state index contributed by atoms with van der Waals surface area (Å²) in [6.07, 6.45) is 2.59. The first-order valence-corrected chi connectivity index (χ1v) is 11.0. The van der Waals surface area contributed by atoms with Crippen LogP contribution in [0.15, 0.2) is 59.8 Å². The van der Waals surface area contributed by atoms with Gasteiger partial charge >= 0.3 is 0 Å². The number of hydrogen-bond donors (Lipinski definition) is 2. The van der Waals surface area contributed by atoms with Gasteiger partial charge < -0.3 is 15.6 Å². The van der Waals surface area contributed by atoms with Crippen molar-refractivity contribution in [1.29, 1.82) is 0 Å². The molecule has 0 bridgehead atoms. The fourth-order valence-electron chi connectivity index (χ4n) is 4.85. The number of aromatic nitrogens is 1. The summed E-state index contributed by atoms with van der Waals surface area (Å²) in [4.78, 5) is 4.65. The molecule has 1 aliphatic heterocycles. The van der Waals surface area contributed by atoms with Crippen LogP contribution >= 0.6 is 0 Å². The molecule has 2 heterocycles. The maximum absolute atomic E-state index is 6.37. The minimum absolute atomic E-state index is 0.609. The molecule has 1 fully saturated rings. The van der Waals surface area contributed by atoms with Crippen molar-refractivity contribution in [3.8, 4) is 0 Å². The van der Waals surface area contributed by atoms with E-state index in [0.29, 0.717) is 5.70 Å². The van der Waals surface area contributed by atoms with Crippen LogP contribution in [0.25, 0.3) is 33.1 Å². The number of nitrogens with two attached hydrogens (primary N) is 1. The van der Waals surface area contributed by atoms with E-state index in [1.165, 1.54) is 51.4 Å². The van der Waals surface area contributed by atoms with Gasteiger partial charge in [-0.3, -0.25) is 4.99 Å². The number of allylic oxidation sites excluding steroid dienone is 2. The number of hydrogen-bond acceptors (Lipinski definition) is 3. The highest BCUT2D eigenvalue weighted by Gasteiger charge is 2.26. The zero-order chi connectivity index (χ0) is 21.9. The molecule has 4 heteroatoms. The largest absolute Gasteiger partial charge is 0.399 e. The highest BCUT2D eigenvalue weighted by molar-refractivity contribution is 6.26. The topological polar surface area (TPSA) is 55.3 Å². The molecule has 31 heavy (non-hydrogen) atoms. The highest BCUT2D eigenvalue weighted by Crippen LogP contribution is 2.41. The van der Waals surface area contributed by atoms with Crippen molar-refractivity contribution in [1.82, 2.24) is 4.57 Å². The van der Waals surface area contributed by atoms with Crippen LogP contribution in [-0.2, 0) is 6.54 Å². The van der Waals surface area contributed by atoms with E-state index in [1.54, 1.807) is 0 Å². The molecule has 2 aliphatic rings. The summed E-state index contributed by atoms with van der Waals surface area (Å²) in [6.45, 7) is 16.2. The molecule has 0 amide bonds. The van der Waals surface area contributed by atoms with E-state index >= 15 is 0 Å². The van der Waals surface area contributed by atoms with Crippen molar-refractivity contribution in [2.75, 3.05) is 11.9 Å². The minimum Gasteiger partial charge on any atom is -0.399 e. The van der Waals surface area contributed by atoms with E-state index in [2.05, 4.69) is 72.2 Å². The normalized spacial score (nSPS) is 16.3. The number of anilines is 1. The molecule has 3 aromatic rings. The van der Waals surface area contributed by atoms with Gasteiger partial charge in [0, 0.05) is 51.2 Å². The molecule has 0 unspecified atom stereocenters. The lowest BCUT2D eigenvalue weighted by Gasteiger charge is -2.14. The van der Waals surface area contributed by atoms with Gasteiger partial charge in [-0.1, -0.05) is 19.2 Å². The van der Waals surface area contributed by atoms with Gasteiger partial charge in [0.25, 0.3) is 0 Å². The molecule has 3 N–H and O–H groups in total. The van der Waals surface area contributed by atoms with E-state index < -0.39 is 0 Å². The Kier molecular flexibility index (Phi) is 4.54. The number of benzene rings is 2. The van der Waals surface area contributed by atoms with Crippen LogP contribution in [0.3, 0.4) is 0 Å². The van der Waals surface area contributed by atoms with Gasteiger partial charge in [0.2, 0.25) is 0 Å². The Morgan fingerprint density at radius 2 is 1.94 bits per heavy atom. The molecule has 0 saturated heterocycles. The number of aliphatic imine (C=N–C) groups is 1. The van der Waals surface area contributed by atoms with Crippen LogP contribution in [0.5, 0.6) is 0 Å². The van der Waals surface area contributed by atoms with Crippen LogP contribution in [0, 0.1) is 5.92 Å². The van der Waals surface area contributed by atoms with E-state index in [-0.39, 0.29) is 0 Å². The standard InChI is InChI=1S/C27H30N4/c1-15(2)30-21-8-9-22-24-11-20(26-16(3)13-29-18(26)5)10-23(17(4)28)27(24)31(25(22)12-21)14-19-6-7-19/h8-12,19,30H,1,4,6-7,13-14,28H2,2-3,5H3. The smallest absolute Gasteiger partial charge is 0.0610 e. The quantitative estimate of drug-likeness (QED) is 0.499. The number of nitrogens with one attached hydrogen (secondary N) is 1. The van der Waals surface area contributed by atoms with Crippen LogP contribution < -0.4 is 11.1 Å². The third-order valence-corrected chi connectivity index (χ3v) is 6.43. The highest BCUT2D eigenvalue weighted by atomic mass is 15.0. The van der Waals surface area contributed by atoms with Crippen LogP contribution in [0.2, 0.25) is 0 Å². The Hall–Kier alpha value is -3.27. The molecule has 0 spiro atoms. The second-order valence-electron chi connectivity index (χ2n) is 9.19. The Morgan fingerprint density at radius 1 is 1.16 bits per heavy atom. The summed E-state index contributed by atoms with van der Waals surface area (Å²) in [5.41, 5.74) is 17.2. The molecular weight excluding hydrogens is 380 g/mol. The van der Waals surface area contributed by atoms with Crippen molar-refractivity contribution in [2.24, 2.45) is 16.6 Å². The molecule has 0 radical (unpaired) electrons. The van der Waals surface area contributed by atoms with Crippen molar-refractivity contribution in [3.63, 3.8) is 0 Å². The third kappa shape index (κ3) is 3.36. The first-order chi connectivity index (χ1) is 14.8. The third-order valence-electron chi connectivity index (χ3n) is 6.43. The summed E-state index contributed by atoms with van der Waals surface area (Å²) < 4.78 is 2.46. The SMILES string of the molecule is C=C(C)Nc1ccc2c3cc(C4=C(C)CN=C4C)cc(C(=C)N)c3n(CC3CC3)c2c1. The molecule has 1 aromatic heterocycles. The molecule has 158 valence electrons. The second kappa shape index (κ2) is 7.16. The van der Waals surface area contributed by atoms with Gasteiger partial charge in [0.05, 0.1) is 17.6 Å². The Morgan fingerprint density at radius 3 is 2.55 bits per heavy atom. The molecule has 0 atom stereocenters. The van der Waals surface area contributed by atoms with Crippen LogP contribution in [-0.4, -0.2) is 16.8 Å². The van der Waals surface area contributed by atoms with Gasteiger partial charge in [-0.2, -0.15) is 0 Å². The van der Waals surface area contributed by atoms with Crippen molar-refractivity contribution >= 4 is 44.5 Å². The zero-order valence-corrected chi connectivity index (χ0v) is 18.7. The molecular formula is C27H30N4. The summed E-state index contributed by atoms with van der Waals surface area (Å²) in [5, 5.41) is 5.85. The lowest BCUT2D eigenvalue weighted by atomic mass is 9.94. The lowest BCUT2D eigenvalue weighted by molar-refractivity contribution is 0.664. The van der Waals surface area contributed by atoms with Gasteiger partial charge in [-0.25, -0.2) is 0 Å². The fourth-order valence-corrected chi connectivity index (χ4v) is 4.85. The summed E-state index contributed by atoms with van der Waals surface area (Å²) >= 11 is 0. The van der Waals surface area contributed by atoms with Crippen molar-refractivity contribution in [3.05, 3.63) is 65.9 Å². The van der Waals surface area contributed by atoms with E-state index in [0.717, 1.165) is 41.7 Å². The van der Waals surface area contributed by atoms with Gasteiger partial charge in [0.15, 0.2) is 0 Å². The van der Waals surface area contributed by atoms with Crippen molar-refractivity contribution < 1.29 is 0 Å². The summed E-state index contributed by atoms with van der Waals surface area (Å²) in [5.74, 6) is 0.740. The minimum atomic E-state index is 0.609. The first-order valence-electron chi connectivity index (χ1n) is 11.0. The Balaban J connectivity index is 1.84. The second-order valence-corrected chi connectivity index (χ2v) is 9.19. The molecule has 4 nitrogen and oxygen atoms in total. The zero-order valence-electron chi connectivity index (χ0n) is 18.7. The predicted molar refractivity (Wildman–Crippen MR) is 134 cm³/mol. The number of nitrogens with zero attached hydrogens (tertiary/aromatic N) is 2. The number of rotatable bonds is 6.